The van der Waals surface area contributed by atoms with E-state index < -0.39 is 13.9 Å². The number of hydrogen-bond donors (Lipinski definition) is 2. The van der Waals surface area contributed by atoms with Gasteiger partial charge in [-0.3, -0.25) is 13.8 Å². The van der Waals surface area contributed by atoms with Gasteiger partial charge in [-0.15, -0.1) is 0 Å². The molecular formula is C49H86NO7P. The van der Waals surface area contributed by atoms with Crippen LogP contribution in [0.4, 0.5) is 0 Å². The average molecular weight is 832 g/mol. The molecule has 0 aliphatic carbocycles. The summed E-state index contributed by atoms with van der Waals surface area (Å²) >= 11 is 0. The smallest absolute Gasteiger partial charge is 0.457 e. The third-order valence-corrected chi connectivity index (χ3v) is 10.3. The molecule has 2 atom stereocenters. The molecule has 0 saturated carbocycles. The minimum atomic E-state index is -4.29. The van der Waals surface area contributed by atoms with E-state index in [0.717, 1.165) is 89.9 Å². The van der Waals surface area contributed by atoms with Crippen molar-refractivity contribution in [1.82, 2.24) is 0 Å². The first-order valence-electron chi connectivity index (χ1n) is 23.1. The standard InChI is InChI=1S/C49H86NO7P/c1-3-5-7-9-11-13-15-17-19-21-23-24-25-26-28-30-32-34-36-38-40-42-49(51)57-48(47-56-58(52,53)55-45-43-50)46-54-44-41-39-37-35-33-31-29-27-22-20-18-16-14-12-10-8-6-4-2/h5-8,11-14,17-20,23-24,48H,3-4,9-10,15-16,21-22,25-47,50H2,1-2H3,(H,52,53)/b7-5-,8-6-,13-11-,14-12-,19-17-,20-18-,24-23-. The summed E-state index contributed by atoms with van der Waals surface area (Å²) in [4.78, 5) is 22.5. The van der Waals surface area contributed by atoms with Gasteiger partial charge in [-0.1, -0.05) is 176 Å². The fourth-order valence-electron chi connectivity index (χ4n) is 6.00. The van der Waals surface area contributed by atoms with Crippen LogP contribution in [0.15, 0.2) is 85.1 Å². The molecule has 0 radical (unpaired) electrons. The molecule has 0 saturated heterocycles. The molecule has 0 amide bonds. The van der Waals surface area contributed by atoms with E-state index in [4.69, 9.17) is 24.3 Å². The maximum Gasteiger partial charge on any atom is 0.472 e. The Morgan fingerprint density at radius 3 is 1.36 bits per heavy atom. The fraction of sp³-hybridized carbons (Fsp3) is 0.694. The zero-order valence-electron chi connectivity index (χ0n) is 37.0. The topological polar surface area (TPSA) is 117 Å². The molecule has 0 bridgehead atoms. The van der Waals surface area contributed by atoms with Crippen molar-refractivity contribution in [1.29, 1.82) is 0 Å². The Balaban J connectivity index is 4.04. The van der Waals surface area contributed by atoms with Crippen LogP contribution in [0.25, 0.3) is 0 Å². The van der Waals surface area contributed by atoms with E-state index >= 15 is 0 Å². The molecule has 0 aromatic carbocycles. The van der Waals surface area contributed by atoms with Crippen molar-refractivity contribution < 1.29 is 32.8 Å². The predicted molar refractivity (Wildman–Crippen MR) is 247 cm³/mol. The highest BCUT2D eigenvalue weighted by molar-refractivity contribution is 7.47. The van der Waals surface area contributed by atoms with Gasteiger partial charge in [0.05, 0.1) is 19.8 Å². The number of unbranched alkanes of at least 4 members (excludes halogenated alkanes) is 16. The molecule has 3 N–H and O–H groups in total. The number of ether oxygens (including phenoxy) is 2. The third kappa shape index (κ3) is 44.8. The van der Waals surface area contributed by atoms with Crippen molar-refractivity contribution >= 4 is 13.8 Å². The van der Waals surface area contributed by atoms with Crippen molar-refractivity contribution in [3.05, 3.63) is 85.1 Å². The van der Waals surface area contributed by atoms with Crippen LogP contribution in [-0.2, 0) is 27.9 Å². The number of esters is 1. The van der Waals surface area contributed by atoms with Crippen molar-refractivity contribution in [3.63, 3.8) is 0 Å². The predicted octanol–water partition coefficient (Wildman–Crippen LogP) is 14.1. The summed E-state index contributed by atoms with van der Waals surface area (Å²) in [6.45, 7) is 4.66. The second-order valence-corrected chi connectivity index (χ2v) is 16.3. The summed E-state index contributed by atoms with van der Waals surface area (Å²) in [6, 6.07) is 0. The number of nitrogens with two attached hydrogens (primary N) is 1. The van der Waals surface area contributed by atoms with Gasteiger partial charge in [-0.2, -0.15) is 0 Å². The van der Waals surface area contributed by atoms with E-state index in [2.05, 4.69) is 98.9 Å². The van der Waals surface area contributed by atoms with Gasteiger partial charge in [0.25, 0.3) is 0 Å². The van der Waals surface area contributed by atoms with Gasteiger partial charge in [-0.25, -0.2) is 4.57 Å². The number of rotatable bonds is 43. The van der Waals surface area contributed by atoms with Crippen LogP contribution in [0.3, 0.4) is 0 Å². The molecule has 8 nitrogen and oxygen atoms in total. The summed E-state index contributed by atoms with van der Waals surface area (Å²) in [5.74, 6) is -0.345. The molecule has 0 spiro atoms. The van der Waals surface area contributed by atoms with E-state index in [1.807, 2.05) is 0 Å². The van der Waals surface area contributed by atoms with Gasteiger partial charge in [-0.05, 0) is 83.5 Å². The maximum atomic E-state index is 12.6. The van der Waals surface area contributed by atoms with Crippen molar-refractivity contribution in [2.45, 2.75) is 187 Å². The molecule has 0 fully saturated rings. The van der Waals surface area contributed by atoms with Gasteiger partial charge in [0, 0.05) is 19.6 Å². The zero-order chi connectivity index (χ0) is 42.3. The number of carbonyl (C=O) groups is 1. The lowest BCUT2D eigenvalue weighted by Gasteiger charge is -2.20. The Kier molecular flexibility index (Phi) is 43.9. The Bertz CT molecular complexity index is 1160. The summed E-state index contributed by atoms with van der Waals surface area (Å²) in [7, 11) is -4.29. The molecule has 0 aromatic rings. The van der Waals surface area contributed by atoms with Crippen LogP contribution in [-0.4, -0.2) is 49.9 Å². The minimum absolute atomic E-state index is 0.0931. The number of phosphoric ester groups is 1. The summed E-state index contributed by atoms with van der Waals surface area (Å²) < 4.78 is 33.5. The molecule has 0 aromatic heterocycles. The average Bonchev–Trinajstić information content (AvgIpc) is 3.21. The minimum Gasteiger partial charge on any atom is -0.457 e. The SMILES string of the molecule is CC/C=C\C/C=C\C/C=C\C/C=C\CCCCCCCCCCC(=O)OC(COCCCCCCCCCC/C=C\C/C=C\C/C=C\CC)COP(=O)(O)OCCN. The van der Waals surface area contributed by atoms with Crippen LogP contribution in [0.5, 0.6) is 0 Å². The Labute approximate surface area is 356 Å². The number of allylic oxidation sites excluding steroid dienone is 14. The molecule has 334 valence electrons. The monoisotopic (exact) mass is 832 g/mol. The maximum absolute atomic E-state index is 12.6. The molecular weight excluding hydrogens is 746 g/mol. The number of carbonyl (C=O) groups excluding carboxylic acids is 1. The van der Waals surface area contributed by atoms with E-state index in [1.165, 1.54) is 70.6 Å². The highest BCUT2D eigenvalue weighted by Crippen LogP contribution is 2.43. The van der Waals surface area contributed by atoms with Crippen LogP contribution in [0, 0.1) is 0 Å². The lowest BCUT2D eigenvalue weighted by atomic mass is 10.1. The Morgan fingerprint density at radius 2 is 0.914 bits per heavy atom. The van der Waals surface area contributed by atoms with Gasteiger partial charge in [0.2, 0.25) is 0 Å². The number of phosphoric acid groups is 1. The second-order valence-electron chi connectivity index (χ2n) is 14.9. The molecule has 2 unspecified atom stereocenters. The molecule has 0 rings (SSSR count). The zero-order valence-corrected chi connectivity index (χ0v) is 37.9. The fourth-order valence-corrected chi connectivity index (χ4v) is 6.77. The summed E-state index contributed by atoms with van der Waals surface area (Å²) in [5.41, 5.74) is 5.38. The summed E-state index contributed by atoms with van der Waals surface area (Å²) in [5, 5.41) is 0. The van der Waals surface area contributed by atoms with E-state index in [1.54, 1.807) is 0 Å². The lowest BCUT2D eigenvalue weighted by molar-refractivity contribution is -0.154. The summed E-state index contributed by atoms with van der Waals surface area (Å²) in [6.07, 6.45) is 58.9. The van der Waals surface area contributed by atoms with E-state index in [0.29, 0.717) is 13.0 Å². The first kappa shape index (κ1) is 55.7. The van der Waals surface area contributed by atoms with Crippen LogP contribution in [0.1, 0.15) is 181 Å². The largest absolute Gasteiger partial charge is 0.472 e. The van der Waals surface area contributed by atoms with Gasteiger partial charge < -0.3 is 20.1 Å². The Morgan fingerprint density at radius 1 is 0.517 bits per heavy atom. The van der Waals surface area contributed by atoms with Crippen LogP contribution in [0.2, 0.25) is 0 Å². The molecule has 0 aliphatic heterocycles. The normalized spacial score (nSPS) is 14.2. The van der Waals surface area contributed by atoms with Crippen molar-refractivity contribution in [2.24, 2.45) is 5.73 Å². The molecule has 0 heterocycles. The van der Waals surface area contributed by atoms with Gasteiger partial charge >= 0.3 is 13.8 Å². The first-order valence-corrected chi connectivity index (χ1v) is 24.6. The highest BCUT2D eigenvalue weighted by atomic mass is 31.2. The van der Waals surface area contributed by atoms with E-state index in [9.17, 15) is 14.3 Å². The van der Waals surface area contributed by atoms with Crippen LogP contribution >= 0.6 is 7.82 Å². The van der Waals surface area contributed by atoms with Gasteiger partial charge in [0.1, 0.15) is 6.10 Å². The van der Waals surface area contributed by atoms with Crippen molar-refractivity contribution in [3.8, 4) is 0 Å². The lowest BCUT2D eigenvalue weighted by Crippen LogP contribution is -2.28. The third-order valence-electron chi connectivity index (χ3n) is 9.31. The number of hydrogen-bond acceptors (Lipinski definition) is 7. The van der Waals surface area contributed by atoms with Gasteiger partial charge in [0.15, 0.2) is 0 Å². The Hall–Kier alpha value is -2.32. The second kappa shape index (κ2) is 45.8. The molecule has 9 heteroatoms. The molecule has 58 heavy (non-hydrogen) atoms. The highest BCUT2D eigenvalue weighted by Gasteiger charge is 2.25. The van der Waals surface area contributed by atoms with Crippen molar-refractivity contribution in [2.75, 3.05) is 33.0 Å². The van der Waals surface area contributed by atoms with E-state index in [-0.39, 0.29) is 32.3 Å². The quantitative estimate of drug-likeness (QED) is 0.0270. The first-order chi connectivity index (χ1) is 28.4. The van der Waals surface area contributed by atoms with Crippen LogP contribution < -0.4 is 5.73 Å². The molecule has 0 aliphatic rings.